The van der Waals surface area contributed by atoms with Gasteiger partial charge in [0.25, 0.3) is 0 Å². The Balaban J connectivity index is 1.82. The molecule has 0 atom stereocenters. The number of nitrogens with zero attached hydrogens (tertiary/aromatic N) is 2. The van der Waals surface area contributed by atoms with Crippen LogP contribution in [0.5, 0.6) is 0 Å². The van der Waals surface area contributed by atoms with E-state index in [9.17, 15) is 0 Å². The third-order valence-electron chi connectivity index (χ3n) is 5.91. The van der Waals surface area contributed by atoms with E-state index in [1.54, 1.807) is 0 Å². The lowest BCUT2D eigenvalue weighted by Gasteiger charge is -2.07. The lowest BCUT2D eigenvalue weighted by atomic mass is 10.1. The molecule has 2 heteroatoms. The van der Waals surface area contributed by atoms with Crippen molar-refractivity contribution < 1.29 is 0 Å². The van der Waals surface area contributed by atoms with Crippen molar-refractivity contribution in [3.05, 3.63) is 53.6 Å². The molecule has 1 aromatic heterocycles. The molecule has 29 heavy (non-hydrogen) atoms. The summed E-state index contributed by atoms with van der Waals surface area (Å²) in [5.41, 5.74) is 2.74. The maximum absolute atomic E-state index is 5.05. The zero-order valence-corrected chi connectivity index (χ0v) is 19.2. The maximum Gasteiger partial charge on any atom is 0.108 e. The Labute approximate surface area is 180 Å². The molecule has 0 unspecified atom stereocenters. The second-order valence-electron chi connectivity index (χ2n) is 8.61. The van der Waals surface area contributed by atoms with E-state index in [-0.39, 0.29) is 0 Å². The van der Waals surface area contributed by atoms with Crippen LogP contribution in [0.4, 0.5) is 0 Å². The first-order chi connectivity index (χ1) is 14.3. The number of hydrogen-bond donors (Lipinski definition) is 0. The molecule has 0 aliphatic carbocycles. The smallest absolute Gasteiger partial charge is 0.108 e. The predicted molar refractivity (Wildman–Crippen MR) is 127 cm³/mol. The SMILES string of the molecule is CCCCCCCCc1nc(CCCc2ccccc2)cn1CCCCCCC. The van der Waals surface area contributed by atoms with Crippen molar-refractivity contribution in [2.45, 2.75) is 117 Å². The van der Waals surface area contributed by atoms with Gasteiger partial charge in [0.1, 0.15) is 5.82 Å². The molecule has 2 nitrogen and oxygen atoms in total. The van der Waals surface area contributed by atoms with Crippen LogP contribution >= 0.6 is 0 Å². The first-order valence-electron chi connectivity index (χ1n) is 12.4. The minimum absolute atomic E-state index is 1.10. The lowest BCUT2D eigenvalue weighted by Crippen LogP contribution is -2.03. The Bertz CT molecular complexity index is 629. The molecular weight excluding hydrogens is 352 g/mol. The van der Waals surface area contributed by atoms with Crippen molar-refractivity contribution >= 4 is 0 Å². The van der Waals surface area contributed by atoms with Gasteiger partial charge in [-0.15, -0.1) is 0 Å². The molecule has 0 radical (unpaired) electrons. The van der Waals surface area contributed by atoms with Gasteiger partial charge in [-0.3, -0.25) is 0 Å². The average Bonchev–Trinajstić information content (AvgIpc) is 3.13. The summed E-state index contributed by atoms with van der Waals surface area (Å²) >= 11 is 0. The summed E-state index contributed by atoms with van der Waals surface area (Å²) in [5, 5.41) is 0. The van der Waals surface area contributed by atoms with Crippen molar-refractivity contribution in [1.82, 2.24) is 9.55 Å². The summed E-state index contributed by atoms with van der Waals surface area (Å²) in [6, 6.07) is 10.8. The van der Waals surface area contributed by atoms with Gasteiger partial charge in [-0.1, -0.05) is 102 Å². The van der Waals surface area contributed by atoms with E-state index < -0.39 is 0 Å². The zero-order valence-electron chi connectivity index (χ0n) is 19.2. The van der Waals surface area contributed by atoms with E-state index in [0.717, 1.165) is 25.8 Å². The molecule has 162 valence electrons. The van der Waals surface area contributed by atoms with E-state index in [1.807, 2.05) is 0 Å². The number of unbranched alkanes of at least 4 members (excludes halogenated alkanes) is 9. The molecule has 0 N–H and O–H groups in total. The van der Waals surface area contributed by atoms with Gasteiger partial charge in [0.2, 0.25) is 0 Å². The van der Waals surface area contributed by atoms with Crippen LogP contribution in [0, 0.1) is 0 Å². The molecule has 0 spiro atoms. The zero-order chi connectivity index (χ0) is 20.6. The van der Waals surface area contributed by atoms with Crippen molar-refractivity contribution in [1.29, 1.82) is 0 Å². The van der Waals surface area contributed by atoms with Gasteiger partial charge in [0.15, 0.2) is 0 Å². The second kappa shape index (κ2) is 15.3. The molecule has 1 aromatic carbocycles. The number of rotatable bonds is 17. The molecule has 1 heterocycles. The fourth-order valence-corrected chi connectivity index (χ4v) is 4.09. The third-order valence-corrected chi connectivity index (χ3v) is 5.91. The highest BCUT2D eigenvalue weighted by molar-refractivity contribution is 5.15. The Hall–Kier alpha value is -1.57. The van der Waals surface area contributed by atoms with Crippen LogP contribution in [-0.2, 0) is 25.8 Å². The summed E-state index contributed by atoms with van der Waals surface area (Å²) in [7, 11) is 0. The highest BCUT2D eigenvalue weighted by Crippen LogP contribution is 2.15. The average molecular weight is 397 g/mol. The van der Waals surface area contributed by atoms with Crippen molar-refractivity contribution in [3.63, 3.8) is 0 Å². The maximum atomic E-state index is 5.05. The van der Waals surface area contributed by atoms with Crippen LogP contribution in [-0.4, -0.2) is 9.55 Å². The Kier molecular flexibility index (Phi) is 12.5. The summed E-state index contributed by atoms with van der Waals surface area (Å²) in [6.45, 7) is 5.73. The van der Waals surface area contributed by atoms with Crippen molar-refractivity contribution in [2.75, 3.05) is 0 Å². The quantitative estimate of drug-likeness (QED) is 0.248. The van der Waals surface area contributed by atoms with Gasteiger partial charge in [0, 0.05) is 19.2 Å². The van der Waals surface area contributed by atoms with Gasteiger partial charge < -0.3 is 4.57 Å². The number of aromatic nitrogens is 2. The monoisotopic (exact) mass is 396 g/mol. The topological polar surface area (TPSA) is 17.8 Å². The molecule has 2 aromatic rings. The van der Waals surface area contributed by atoms with Gasteiger partial charge in [0.05, 0.1) is 5.69 Å². The van der Waals surface area contributed by atoms with E-state index in [2.05, 4.69) is 54.9 Å². The fraction of sp³-hybridized carbons (Fsp3) is 0.667. The Morgan fingerprint density at radius 2 is 1.31 bits per heavy atom. The van der Waals surface area contributed by atoms with Crippen LogP contribution in [0.1, 0.15) is 108 Å². The minimum Gasteiger partial charge on any atom is -0.335 e. The number of benzene rings is 1. The van der Waals surface area contributed by atoms with E-state index in [0.29, 0.717) is 0 Å². The molecule has 0 saturated carbocycles. The number of aryl methyl sites for hydroxylation is 4. The van der Waals surface area contributed by atoms with Crippen LogP contribution in [0.3, 0.4) is 0 Å². The molecular formula is C27H44N2. The molecule has 0 fully saturated rings. The van der Waals surface area contributed by atoms with Crippen LogP contribution in [0.15, 0.2) is 36.5 Å². The van der Waals surface area contributed by atoms with Crippen molar-refractivity contribution in [3.8, 4) is 0 Å². The Morgan fingerprint density at radius 3 is 2.03 bits per heavy atom. The van der Waals surface area contributed by atoms with Gasteiger partial charge in [-0.2, -0.15) is 0 Å². The van der Waals surface area contributed by atoms with Crippen LogP contribution in [0.2, 0.25) is 0 Å². The highest BCUT2D eigenvalue weighted by atomic mass is 15.1. The number of imidazole rings is 1. The molecule has 0 bridgehead atoms. The normalized spacial score (nSPS) is 11.2. The third kappa shape index (κ3) is 10.1. The van der Waals surface area contributed by atoms with Gasteiger partial charge in [-0.05, 0) is 37.7 Å². The van der Waals surface area contributed by atoms with Crippen LogP contribution < -0.4 is 0 Å². The standard InChI is InChI=1S/C27H44N2/c1-3-5-7-9-10-15-22-27-28-26(21-17-20-25-18-13-12-14-19-25)24-29(27)23-16-11-8-6-4-2/h12-14,18-19,24H,3-11,15-17,20-23H2,1-2H3. The van der Waals surface area contributed by atoms with Crippen LogP contribution in [0.25, 0.3) is 0 Å². The van der Waals surface area contributed by atoms with E-state index >= 15 is 0 Å². The molecule has 2 rings (SSSR count). The lowest BCUT2D eigenvalue weighted by molar-refractivity contribution is 0.541. The van der Waals surface area contributed by atoms with Crippen molar-refractivity contribution in [2.24, 2.45) is 0 Å². The number of hydrogen-bond acceptors (Lipinski definition) is 1. The minimum atomic E-state index is 1.10. The fourth-order valence-electron chi connectivity index (χ4n) is 4.09. The first kappa shape index (κ1) is 23.7. The van der Waals surface area contributed by atoms with E-state index in [4.69, 9.17) is 4.98 Å². The summed E-state index contributed by atoms with van der Waals surface area (Å²) in [4.78, 5) is 5.05. The molecule has 0 aliphatic heterocycles. The molecule has 0 aliphatic rings. The predicted octanol–water partition coefficient (Wildman–Crippen LogP) is 7.93. The molecule has 0 amide bonds. The summed E-state index contributed by atoms with van der Waals surface area (Å²) < 4.78 is 2.48. The second-order valence-corrected chi connectivity index (χ2v) is 8.61. The highest BCUT2D eigenvalue weighted by Gasteiger charge is 2.08. The van der Waals surface area contributed by atoms with Gasteiger partial charge in [-0.25, -0.2) is 4.98 Å². The summed E-state index contributed by atoms with van der Waals surface area (Å²) in [6.07, 6.45) is 21.8. The first-order valence-corrected chi connectivity index (χ1v) is 12.4. The largest absolute Gasteiger partial charge is 0.335 e. The summed E-state index contributed by atoms with van der Waals surface area (Å²) in [5.74, 6) is 1.34. The Morgan fingerprint density at radius 1 is 0.655 bits per heavy atom. The van der Waals surface area contributed by atoms with E-state index in [1.165, 1.54) is 94.1 Å². The van der Waals surface area contributed by atoms with Gasteiger partial charge >= 0.3 is 0 Å². The molecule has 0 saturated heterocycles.